The van der Waals surface area contributed by atoms with Crippen LogP contribution in [0.3, 0.4) is 0 Å². The van der Waals surface area contributed by atoms with E-state index in [-0.39, 0.29) is 43.3 Å². The summed E-state index contributed by atoms with van der Waals surface area (Å²) in [6.45, 7) is 3.36. The number of hydrogen-bond acceptors (Lipinski definition) is 8. The number of carbonyl (C=O) groups is 1. The number of halogens is 2. The molecule has 4 heterocycles. The second-order valence-corrected chi connectivity index (χ2v) is 13.8. The number of benzene rings is 1. The fourth-order valence-corrected chi connectivity index (χ4v) is 7.34. The van der Waals surface area contributed by atoms with Gasteiger partial charge in [0, 0.05) is 57.0 Å². The Morgan fingerprint density at radius 3 is 2.43 bits per heavy atom. The maximum absolute atomic E-state index is 13.8. The van der Waals surface area contributed by atoms with Gasteiger partial charge in [0.05, 0.1) is 29.4 Å². The van der Waals surface area contributed by atoms with Crippen molar-refractivity contribution < 1.29 is 31.8 Å². The van der Waals surface area contributed by atoms with Crippen LogP contribution < -0.4 is 24.6 Å². The van der Waals surface area contributed by atoms with Gasteiger partial charge in [0.1, 0.15) is 5.82 Å². The molecule has 2 aromatic rings. The Bertz CT molecular complexity index is 1460. The zero-order valence-corrected chi connectivity index (χ0v) is 24.5. The molecule has 2 saturated heterocycles. The molecule has 1 spiro atoms. The lowest BCUT2D eigenvalue weighted by molar-refractivity contribution is -0.0222. The highest BCUT2D eigenvalue weighted by molar-refractivity contribution is 7.89. The number of pyridine rings is 1. The second-order valence-electron chi connectivity index (χ2n) is 12.1. The monoisotopic (exact) mass is 605 g/mol. The van der Waals surface area contributed by atoms with Crippen LogP contribution in [-0.4, -0.2) is 75.8 Å². The molecule has 0 bridgehead atoms. The van der Waals surface area contributed by atoms with Gasteiger partial charge in [-0.2, -0.15) is 0 Å². The third kappa shape index (κ3) is 5.91. The molecule has 10 nitrogen and oxygen atoms in total. The number of carbonyl (C=O) groups excluding carboxylic acids is 1. The molecule has 1 amide bonds. The highest BCUT2D eigenvalue weighted by Crippen LogP contribution is 2.54. The summed E-state index contributed by atoms with van der Waals surface area (Å²) < 4.78 is 62.0. The molecule has 3 aliphatic heterocycles. The number of nitrogens with one attached hydrogen (secondary N) is 2. The van der Waals surface area contributed by atoms with Crippen LogP contribution in [0.2, 0.25) is 0 Å². The zero-order chi connectivity index (χ0) is 29.7. The molecular formula is C29H37F2N5O5S. The van der Waals surface area contributed by atoms with E-state index in [9.17, 15) is 27.1 Å². The molecular weight excluding hydrogens is 568 g/mol. The normalized spacial score (nSPS) is 21.5. The summed E-state index contributed by atoms with van der Waals surface area (Å²) in [6, 6.07) is 5.50. The molecule has 13 heteroatoms. The number of hydrogen-bond donors (Lipinski definition) is 3. The van der Waals surface area contributed by atoms with Crippen LogP contribution in [0.5, 0.6) is 5.75 Å². The number of aliphatic hydroxyl groups excluding tert-OH is 1. The van der Waals surface area contributed by atoms with Crippen LogP contribution >= 0.6 is 0 Å². The van der Waals surface area contributed by atoms with Crippen molar-refractivity contribution in [2.75, 3.05) is 54.5 Å². The third-order valence-corrected chi connectivity index (χ3v) is 10.5. The molecule has 42 heavy (non-hydrogen) atoms. The first-order chi connectivity index (χ1) is 20.0. The topological polar surface area (TPSA) is 124 Å². The molecule has 0 unspecified atom stereocenters. The van der Waals surface area contributed by atoms with Crippen LogP contribution in [-0.2, 0) is 16.4 Å². The lowest BCUT2D eigenvalue weighted by Crippen LogP contribution is -2.40. The number of aromatic nitrogens is 1. The number of anilines is 3. The summed E-state index contributed by atoms with van der Waals surface area (Å²) in [5.41, 5.74) is 2.06. The van der Waals surface area contributed by atoms with Gasteiger partial charge in [0.2, 0.25) is 10.0 Å². The molecule has 1 aliphatic carbocycles. The van der Waals surface area contributed by atoms with E-state index in [2.05, 4.69) is 19.9 Å². The van der Waals surface area contributed by atoms with Gasteiger partial charge in [0.25, 0.3) is 11.8 Å². The van der Waals surface area contributed by atoms with Gasteiger partial charge in [-0.15, -0.1) is 0 Å². The Kier molecular flexibility index (Phi) is 7.55. The van der Waals surface area contributed by atoms with Gasteiger partial charge in [-0.25, -0.2) is 26.9 Å². The number of aliphatic hydroxyl groups is 1. The largest absolute Gasteiger partial charge is 0.489 e. The molecule has 3 N–H and O–H groups in total. The van der Waals surface area contributed by atoms with Crippen molar-refractivity contribution in [3.63, 3.8) is 0 Å². The standard InChI is InChI=1S/C29H37F2N5O5S/c1-19(18-37)34-42(39,40)21-2-3-22(23(17-21)35-11-7-28(5-6-28)8-12-35)27(38)33-24-16-20-4-15-41-25(20)26(32-24)36-13-9-29(30,31)10-14-36/h2-3,16-17,19,34,37H,4-15,18H2,1H3,(H,32,33,38)/t19-/m1/s1. The van der Waals surface area contributed by atoms with E-state index in [0.29, 0.717) is 54.4 Å². The maximum Gasteiger partial charge on any atom is 0.258 e. The number of rotatable bonds is 8. The van der Waals surface area contributed by atoms with Crippen LogP contribution in [0.15, 0.2) is 29.2 Å². The minimum Gasteiger partial charge on any atom is -0.489 e. The summed E-state index contributed by atoms with van der Waals surface area (Å²) in [6.07, 6.45) is 4.44. The number of piperidine rings is 2. The molecule has 0 radical (unpaired) electrons. The smallest absolute Gasteiger partial charge is 0.258 e. The number of fused-ring (bicyclic) bond motifs is 1. The summed E-state index contributed by atoms with van der Waals surface area (Å²) in [5.74, 6) is -1.84. The van der Waals surface area contributed by atoms with E-state index >= 15 is 0 Å². The van der Waals surface area contributed by atoms with Crippen molar-refractivity contribution in [2.24, 2.45) is 5.41 Å². The van der Waals surface area contributed by atoms with Crippen molar-refractivity contribution in [1.29, 1.82) is 0 Å². The van der Waals surface area contributed by atoms with E-state index in [4.69, 9.17) is 4.74 Å². The summed E-state index contributed by atoms with van der Waals surface area (Å²) in [5, 5.41) is 12.2. The van der Waals surface area contributed by atoms with Crippen molar-refractivity contribution >= 4 is 33.3 Å². The predicted molar refractivity (Wildman–Crippen MR) is 154 cm³/mol. The summed E-state index contributed by atoms with van der Waals surface area (Å²) in [4.78, 5) is 22.2. The molecule has 3 fully saturated rings. The third-order valence-electron chi connectivity index (χ3n) is 8.96. The van der Waals surface area contributed by atoms with E-state index in [1.54, 1.807) is 17.9 Å². The zero-order valence-electron chi connectivity index (χ0n) is 23.7. The van der Waals surface area contributed by atoms with Crippen LogP contribution in [0.25, 0.3) is 0 Å². The first kappa shape index (κ1) is 29.1. The minimum absolute atomic E-state index is 0.0121. The Morgan fingerprint density at radius 1 is 1.07 bits per heavy atom. The molecule has 1 aromatic heterocycles. The van der Waals surface area contributed by atoms with E-state index < -0.39 is 27.9 Å². The number of sulfonamides is 1. The lowest BCUT2D eigenvalue weighted by atomic mass is 9.93. The van der Waals surface area contributed by atoms with Gasteiger partial charge in [0.15, 0.2) is 11.6 Å². The Morgan fingerprint density at radius 2 is 1.76 bits per heavy atom. The number of amides is 1. The minimum atomic E-state index is -3.93. The first-order valence-corrected chi connectivity index (χ1v) is 16.1. The fraction of sp³-hybridized carbons (Fsp3) is 0.586. The average molecular weight is 606 g/mol. The Labute approximate surface area is 244 Å². The number of alkyl halides is 2. The Balaban J connectivity index is 1.30. The van der Waals surface area contributed by atoms with Gasteiger partial charge in [-0.3, -0.25) is 4.79 Å². The highest BCUT2D eigenvalue weighted by Gasteiger charge is 2.45. The van der Waals surface area contributed by atoms with Crippen LogP contribution in [0.1, 0.15) is 61.4 Å². The van der Waals surface area contributed by atoms with Crippen molar-refractivity contribution in [2.45, 2.75) is 68.7 Å². The second kappa shape index (κ2) is 10.9. The summed E-state index contributed by atoms with van der Waals surface area (Å²) >= 11 is 0. The summed E-state index contributed by atoms with van der Waals surface area (Å²) in [7, 11) is -3.93. The highest BCUT2D eigenvalue weighted by atomic mass is 32.2. The predicted octanol–water partition coefficient (Wildman–Crippen LogP) is 3.54. The molecule has 1 saturated carbocycles. The number of nitrogens with zero attached hydrogens (tertiary/aromatic N) is 3. The fourth-order valence-electron chi connectivity index (χ4n) is 6.09. The molecule has 1 atom stereocenters. The molecule has 1 aromatic carbocycles. The van der Waals surface area contributed by atoms with Gasteiger partial charge >= 0.3 is 0 Å². The Hall–Kier alpha value is -3.03. The molecule has 228 valence electrons. The van der Waals surface area contributed by atoms with E-state index in [1.807, 2.05) is 0 Å². The van der Waals surface area contributed by atoms with Crippen molar-refractivity contribution in [3.05, 3.63) is 35.4 Å². The molecule has 4 aliphatic rings. The maximum atomic E-state index is 13.8. The SMILES string of the molecule is C[C@H](CO)NS(=O)(=O)c1ccc(C(=O)Nc2cc3c(c(N4CCC(F)(F)CC4)n2)OCC3)c(N2CCC3(CC2)CC3)c1. The van der Waals surface area contributed by atoms with Crippen molar-refractivity contribution in [1.82, 2.24) is 9.71 Å². The van der Waals surface area contributed by atoms with Crippen molar-refractivity contribution in [3.8, 4) is 5.75 Å². The molecule has 6 rings (SSSR count). The average Bonchev–Trinajstić information content (AvgIpc) is 3.54. The quantitative estimate of drug-likeness (QED) is 0.418. The van der Waals surface area contributed by atoms with Crippen LogP contribution in [0.4, 0.5) is 26.1 Å². The first-order valence-electron chi connectivity index (χ1n) is 14.6. The van der Waals surface area contributed by atoms with Crippen LogP contribution in [0, 0.1) is 5.41 Å². The van der Waals surface area contributed by atoms with E-state index in [0.717, 1.165) is 18.4 Å². The van der Waals surface area contributed by atoms with Gasteiger partial charge in [-0.1, -0.05) is 0 Å². The van der Waals surface area contributed by atoms with E-state index in [1.165, 1.54) is 31.0 Å². The van der Waals surface area contributed by atoms with Gasteiger partial charge in [-0.05, 0) is 62.3 Å². The van der Waals surface area contributed by atoms with Gasteiger partial charge < -0.3 is 25.0 Å². The lowest BCUT2D eigenvalue weighted by Gasteiger charge is -2.35. The number of ether oxygens (including phenoxy) is 1.